The van der Waals surface area contributed by atoms with Crippen LogP contribution in [0.25, 0.3) is 0 Å². The quantitative estimate of drug-likeness (QED) is 0.941. The first-order valence-corrected chi connectivity index (χ1v) is 8.28. The molecule has 21 heavy (non-hydrogen) atoms. The molecular weight excluding hydrogens is 310 g/mol. The number of rotatable bonds is 3. The third-order valence-corrected chi connectivity index (χ3v) is 4.58. The van der Waals surface area contributed by atoms with Crippen molar-refractivity contribution in [3.8, 4) is 0 Å². The Hall–Kier alpha value is -1.53. The van der Waals surface area contributed by atoms with Gasteiger partial charge in [-0.2, -0.15) is 5.10 Å². The van der Waals surface area contributed by atoms with E-state index in [9.17, 15) is 8.42 Å². The van der Waals surface area contributed by atoms with E-state index in [0.29, 0.717) is 10.8 Å². The maximum absolute atomic E-state index is 12.4. The minimum absolute atomic E-state index is 0.119. The second-order valence-electron chi connectivity index (χ2n) is 5.85. The molecule has 0 aliphatic rings. The summed E-state index contributed by atoms with van der Waals surface area (Å²) in [5.41, 5.74) is 0.658. The smallest absolute Gasteiger partial charge is 0.263 e. The molecule has 7 heteroatoms. The lowest BCUT2D eigenvalue weighted by Crippen LogP contribution is -2.15. The van der Waals surface area contributed by atoms with Crippen LogP contribution in [0, 0.1) is 0 Å². The van der Waals surface area contributed by atoms with Crippen LogP contribution in [0.15, 0.2) is 35.2 Å². The molecule has 5 nitrogen and oxygen atoms in total. The summed E-state index contributed by atoms with van der Waals surface area (Å²) in [5.74, 6) is 0.417. The van der Waals surface area contributed by atoms with E-state index in [1.165, 1.54) is 16.8 Å². The number of benzene rings is 1. The summed E-state index contributed by atoms with van der Waals surface area (Å²) in [5, 5.41) is 4.71. The van der Waals surface area contributed by atoms with Crippen molar-refractivity contribution in [1.29, 1.82) is 0 Å². The summed E-state index contributed by atoms with van der Waals surface area (Å²) in [6, 6.07) is 7.87. The number of aromatic nitrogens is 2. The van der Waals surface area contributed by atoms with Gasteiger partial charge >= 0.3 is 0 Å². The van der Waals surface area contributed by atoms with E-state index in [4.69, 9.17) is 11.6 Å². The zero-order valence-corrected chi connectivity index (χ0v) is 14.0. The molecule has 0 amide bonds. The molecular formula is C14H18ClN3O2S. The standard InChI is InChI=1S/C14H18ClN3O2S/c1-14(2,3)12-9-13(18(4)16-12)17-21(19,20)11-7-5-6-10(15)8-11/h5-9,17H,1-4H3. The number of nitrogens with zero attached hydrogens (tertiary/aromatic N) is 2. The van der Waals surface area contributed by atoms with Gasteiger partial charge in [0.2, 0.25) is 0 Å². The normalized spacial score (nSPS) is 12.4. The van der Waals surface area contributed by atoms with E-state index in [-0.39, 0.29) is 10.3 Å². The summed E-state index contributed by atoms with van der Waals surface area (Å²) >= 11 is 5.84. The molecule has 2 aromatic rings. The monoisotopic (exact) mass is 327 g/mol. The summed E-state index contributed by atoms with van der Waals surface area (Å²) in [6.45, 7) is 6.06. The van der Waals surface area contributed by atoms with Crippen LogP contribution in [0.2, 0.25) is 5.02 Å². The zero-order chi connectivity index (χ0) is 15.8. The molecule has 1 heterocycles. The van der Waals surface area contributed by atoms with Crippen molar-refractivity contribution in [3.05, 3.63) is 41.0 Å². The Labute approximate surface area is 130 Å². The van der Waals surface area contributed by atoms with E-state index >= 15 is 0 Å². The van der Waals surface area contributed by atoms with Crippen LogP contribution in [-0.2, 0) is 22.5 Å². The first-order chi connectivity index (χ1) is 9.59. The molecule has 0 aliphatic carbocycles. The summed E-state index contributed by atoms with van der Waals surface area (Å²) in [6.07, 6.45) is 0. The molecule has 0 saturated heterocycles. The minimum Gasteiger partial charge on any atom is -0.264 e. The number of hydrogen-bond donors (Lipinski definition) is 1. The Bertz CT molecular complexity index is 761. The number of sulfonamides is 1. The van der Waals surface area contributed by atoms with Crippen LogP contribution in [-0.4, -0.2) is 18.2 Å². The van der Waals surface area contributed by atoms with Gasteiger partial charge in [-0.1, -0.05) is 38.4 Å². The lowest BCUT2D eigenvalue weighted by molar-refractivity contribution is 0.553. The Morgan fingerprint density at radius 2 is 1.90 bits per heavy atom. The Kier molecular flexibility index (Phi) is 4.04. The molecule has 0 unspecified atom stereocenters. The number of hydrogen-bond acceptors (Lipinski definition) is 3. The maximum atomic E-state index is 12.4. The lowest BCUT2D eigenvalue weighted by Gasteiger charge is -2.13. The van der Waals surface area contributed by atoms with E-state index < -0.39 is 10.0 Å². The second-order valence-corrected chi connectivity index (χ2v) is 7.97. The van der Waals surface area contributed by atoms with Crippen molar-refractivity contribution in [2.75, 3.05) is 4.72 Å². The molecule has 0 fully saturated rings. The van der Waals surface area contributed by atoms with E-state index in [2.05, 4.69) is 9.82 Å². The molecule has 1 N–H and O–H groups in total. The number of anilines is 1. The highest BCUT2D eigenvalue weighted by molar-refractivity contribution is 7.92. The van der Waals surface area contributed by atoms with Gasteiger partial charge in [0.1, 0.15) is 5.82 Å². The highest BCUT2D eigenvalue weighted by atomic mass is 35.5. The van der Waals surface area contributed by atoms with Gasteiger partial charge in [0.15, 0.2) is 0 Å². The van der Waals surface area contributed by atoms with Crippen molar-refractivity contribution in [3.63, 3.8) is 0 Å². The van der Waals surface area contributed by atoms with Crippen LogP contribution >= 0.6 is 11.6 Å². The molecule has 114 valence electrons. The fourth-order valence-electron chi connectivity index (χ4n) is 1.76. The van der Waals surface area contributed by atoms with Gasteiger partial charge in [0.25, 0.3) is 10.0 Å². The van der Waals surface area contributed by atoms with Crippen molar-refractivity contribution < 1.29 is 8.42 Å². The topological polar surface area (TPSA) is 64.0 Å². The molecule has 0 saturated carbocycles. The van der Waals surface area contributed by atoms with Gasteiger partial charge in [0, 0.05) is 23.6 Å². The fraction of sp³-hybridized carbons (Fsp3) is 0.357. The number of nitrogens with one attached hydrogen (secondary N) is 1. The lowest BCUT2D eigenvalue weighted by atomic mass is 9.92. The van der Waals surface area contributed by atoms with Gasteiger partial charge in [0.05, 0.1) is 10.6 Å². The Morgan fingerprint density at radius 1 is 1.24 bits per heavy atom. The van der Waals surface area contributed by atoms with Crippen LogP contribution in [0.5, 0.6) is 0 Å². The predicted molar refractivity (Wildman–Crippen MR) is 84.2 cm³/mol. The largest absolute Gasteiger partial charge is 0.264 e. The molecule has 0 radical (unpaired) electrons. The summed E-state index contributed by atoms with van der Waals surface area (Å²) < 4.78 is 28.8. The van der Waals surface area contributed by atoms with Gasteiger partial charge in [-0.05, 0) is 18.2 Å². The number of halogens is 1. The Morgan fingerprint density at radius 3 is 2.43 bits per heavy atom. The molecule has 0 aliphatic heterocycles. The summed E-state index contributed by atoms with van der Waals surface area (Å²) in [4.78, 5) is 0.119. The highest BCUT2D eigenvalue weighted by Crippen LogP contribution is 2.25. The van der Waals surface area contributed by atoms with Crippen molar-refractivity contribution in [2.24, 2.45) is 7.05 Å². The first kappa shape index (κ1) is 15.9. The zero-order valence-electron chi connectivity index (χ0n) is 12.4. The fourth-order valence-corrected chi connectivity index (χ4v) is 3.14. The predicted octanol–water partition coefficient (Wildman–Crippen LogP) is 3.17. The highest BCUT2D eigenvalue weighted by Gasteiger charge is 2.22. The second kappa shape index (κ2) is 5.35. The molecule has 1 aromatic heterocycles. The molecule has 2 rings (SSSR count). The maximum Gasteiger partial charge on any atom is 0.263 e. The van der Waals surface area contributed by atoms with E-state index in [1.807, 2.05) is 20.8 Å². The number of aryl methyl sites for hydroxylation is 1. The first-order valence-electron chi connectivity index (χ1n) is 6.42. The van der Waals surface area contributed by atoms with Gasteiger partial charge in [-0.3, -0.25) is 9.40 Å². The van der Waals surface area contributed by atoms with Gasteiger partial charge < -0.3 is 0 Å². The van der Waals surface area contributed by atoms with Crippen molar-refractivity contribution >= 4 is 27.4 Å². The average Bonchev–Trinajstić information content (AvgIpc) is 2.70. The summed E-state index contributed by atoms with van der Waals surface area (Å²) in [7, 11) is -1.99. The molecule has 0 atom stereocenters. The van der Waals surface area contributed by atoms with Crippen molar-refractivity contribution in [2.45, 2.75) is 31.1 Å². The van der Waals surface area contributed by atoms with Gasteiger partial charge in [-0.25, -0.2) is 8.42 Å². The van der Waals surface area contributed by atoms with Crippen LogP contribution < -0.4 is 4.72 Å². The SMILES string of the molecule is Cn1nc(C(C)(C)C)cc1NS(=O)(=O)c1cccc(Cl)c1. The molecule has 0 spiro atoms. The van der Waals surface area contributed by atoms with Crippen LogP contribution in [0.1, 0.15) is 26.5 Å². The third-order valence-electron chi connectivity index (χ3n) is 2.99. The van der Waals surface area contributed by atoms with E-state index in [1.54, 1.807) is 25.2 Å². The van der Waals surface area contributed by atoms with Crippen LogP contribution in [0.3, 0.4) is 0 Å². The molecule has 1 aromatic carbocycles. The Balaban J connectivity index is 2.36. The van der Waals surface area contributed by atoms with Gasteiger partial charge in [-0.15, -0.1) is 0 Å². The third kappa shape index (κ3) is 3.57. The van der Waals surface area contributed by atoms with E-state index in [0.717, 1.165) is 5.69 Å². The minimum atomic E-state index is -3.69. The average molecular weight is 328 g/mol. The van der Waals surface area contributed by atoms with Crippen molar-refractivity contribution in [1.82, 2.24) is 9.78 Å². The van der Waals surface area contributed by atoms with Crippen LogP contribution in [0.4, 0.5) is 5.82 Å². The molecule has 0 bridgehead atoms.